The number of hydrogen-bond acceptors (Lipinski definition) is 4. The predicted octanol–water partition coefficient (Wildman–Crippen LogP) is 1.32. The van der Waals surface area contributed by atoms with E-state index in [2.05, 4.69) is 5.32 Å². The Bertz CT molecular complexity index is 734. The highest BCUT2D eigenvalue weighted by Crippen LogP contribution is 2.15. The maximum Gasteiger partial charge on any atom is 0.326 e. The molecule has 1 N–H and O–H groups in total. The molecule has 8 nitrogen and oxygen atoms in total. The maximum absolute atomic E-state index is 12.2. The number of carbonyl (C=O) groups is 4. The Hall–Kier alpha value is -2.90. The van der Waals surface area contributed by atoms with Crippen molar-refractivity contribution >= 4 is 29.4 Å². The fourth-order valence-corrected chi connectivity index (χ4v) is 2.91. The van der Waals surface area contributed by atoms with Crippen molar-refractivity contribution in [2.75, 3.05) is 39.0 Å². The summed E-state index contributed by atoms with van der Waals surface area (Å²) in [4.78, 5) is 51.7. The van der Waals surface area contributed by atoms with Gasteiger partial charge in [-0.05, 0) is 24.5 Å². The number of nitrogens with one attached hydrogen (secondary N) is 1. The number of aryl methyl sites for hydroxylation is 1. The highest BCUT2D eigenvalue weighted by atomic mass is 16.2. The van der Waals surface area contributed by atoms with E-state index in [0.29, 0.717) is 6.42 Å². The van der Waals surface area contributed by atoms with Crippen LogP contribution in [-0.2, 0) is 20.8 Å². The number of rotatable bonds is 8. The predicted molar refractivity (Wildman–Crippen MR) is 101 cm³/mol. The second kappa shape index (κ2) is 9.16. The zero-order valence-electron chi connectivity index (χ0n) is 16.0. The molecule has 27 heavy (non-hydrogen) atoms. The molecule has 1 aromatic carbocycles. The molecule has 146 valence electrons. The fourth-order valence-electron chi connectivity index (χ4n) is 2.91. The van der Waals surface area contributed by atoms with E-state index in [1.54, 1.807) is 14.1 Å². The third-order valence-corrected chi connectivity index (χ3v) is 4.48. The Labute approximate surface area is 159 Å². The van der Waals surface area contributed by atoms with Crippen LogP contribution in [0.2, 0.25) is 0 Å². The van der Waals surface area contributed by atoms with Crippen LogP contribution < -0.4 is 5.32 Å². The largest absolute Gasteiger partial charge is 0.336 e. The van der Waals surface area contributed by atoms with Crippen LogP contribution in [0, 0.1) is 0 Å². The summed E-state index contributed by atoms with van der Waals surface area (Å²) < 4.78 is 0. The summed E-state index contributed by atoms with van der Waals surface area (Å²) in [6.07, 6.45) is 1.33. The molecule has 1 saturated heterocycles. The Balaban J connectivity index is 1.77. The van der Waals surface area contributed by atoms with Gasteiger partial charge in [0, 0.05) is 32.7 Å². The molecule has 0 aliphatic carbocycles. The van der Waals surface area contributed by atoms with Gasteiger partial charge in [-0.2, -0.15) is 0 Å². The van der Waals surface area contributed by atoms with Crippen LogP contribution in [0.1, 0.15) is 25.3 Å². The number of nitrogens with zero attached hydrogens (tertiary/aromatic N) is 3. The smallest absolute Gasteiger partial charge is 0.326 e. The maximum atomic E-state index is 12.2. The molecule has 0 radical (unpaired) electrons. The molecule has 8 heteroatoms. The molecule has 0 spiro atoms. The van der Waals surface area contributed by atoms with Crippen molar-refractivity contribution in [1.82, 2.24) is 14.7 Å². The molecule has 2 rings (SSSR count). The zero-order chi connectivity index (χ0) is 20.0. The number of urea groups is 1. The Morgan fingerprint density at radius 3 is 2.56 bits per heavy atom. The van der Waals surface area contributed by atoms with Crippen molar-refractivity contribution in [3.05, 3.63) is 29.8 Å². The number of benzene rings is 1. The van der Waals surface area contributed by atoms with Gasteiger partial charge in [-0.1, -0.05) is 25.1 Å². The van der Waals surface area contributed by atoms with E-state index >= 15 is 0 Å². The van der Waals surface area contributed by atoms with E-state index in [1.807, 2.05) is 31.2 Å². The summed E-state index contributed by atoms with van der Waals surface area (Å²) in [7, 11) is 3.13. The molecule has 0 saturated carbocycles. The summed E-state index contributed by atoms with van der Waals surface area (Å²) in [5, 5.41) is 2.83. The topological polar surface area (TPSA) is 90.0 Å². The molecule has 0 aromatic heterocycles. The van der Waals surface area contributed by atoms with Crippen LogP contribution in [0.25, 0.3) is 0 Å². The van der Waals surface area contributed by atoms with Gasteiger partial charge in [-0.25, -0.2) is 4.79 Å². The average Bonchev–Trinajstić information content (AvgIpc) is 2.87. The molecule has 0 bridgehead atoms. The molecule has 5 amide bonds. The first-order chi connectivity index (χ1) is 12.8. The highest BCUT2D eigenvalue weighted by molar-refractivity contribution is 6.01. The van der Waals surface area contributed by atoms with E-state index in [0.717, 1.165) is 22.6 Å². The van der Waals surface area contributed by atoms with E-state index in [1.165, 1.54) is 9.80 Å². The second-order valence-corrected chi connectivity index (χ2v) is 6.60. The third-order valence-electron chi connectivity index (χ3n) is 4.48. The summed E-state index contributed by atoms with van der Waals surface area (Å²) in [5.41, 5.74) is 1.78. The van der Waals surface area contributed by atoms with Gasteiger partial charge in [0.25, 0.3) is 0 Å². The molecule has 1 aliphatic rings. The van der Waals surface area contributed by atoms with Gasteiger partial charge in [0.1, 0.15) is 6.54 Å². The van der Waals surface area contributed by atoms with Gasteiger partial charge in [0.05, 0.1) is 6.54 Å². The van der Waals surface area contributed by atoms with Crippen LogP contribution >= 0.6 is 0 Å². The van der Waals surface area contributed by atoms with E-state index < -0.39 is 0 Å². The first-order valence-corrected chi connectivity index (χ1v) is 9.00. The molecule has 1 fully saturated rings. The number of carbonyl (C=O) groups excluding carboxylic acids is 4. The highest BCUT2D eigenvalue weighted by Gasteiger charge is 2.32. The van der Waals surface area contributed by atoms with E-state index in [4.69, 9.17) is 0 Å². The number of amides is 5. The van der Waals surface area contributed by atoms with E-state index in [-0.39, 0.29) is 49.8 Å². The van der Waals surface area contributed by atoms with Gasteiger partial charge in [-0.3, -0.25) is 19.3 Å². The van der Waals surface area contributed by atoms with Crippen molar-refractivity contribution in [3.63, 3.8) is 0 Å². The van der Waals surface area contributed by atoms with Gasteiger partial charge < -0.3 is 15.1 Å². The minimum Gasteiger partial charge on any atom is -0.336 e. The van der Waals surface area contributed by atoms with Crippen molar-refractivity contribution in [2.24, 2.45) is 0 Å². The van der Waals surface area contributed by atoms with Gasteiger partial charge >= 0.3 is 6.03 Å². The molecule has 0 unspecified atom stereocenters. The van der Waals surface area contributed by atoms with Crippen LogP contribution in [0.4, 0.5) is 10.5 Å². The van der Waals surface area contributed by atoms with Crippen LogP contribution in [0.5, 0.6) is 0 Å². The van der Waals surface area contributed by atoms with Gasteiger partial charge in [0.2, 0.25) is 17.7 Å². The standard InChI is InChI=1S/C19H26N4O4/c1-4-14-8-5-6-9-15(14)20-16(24)12-21(2)17(25)10-7-11-23-18(26)13-22(3)19(23)27/h5-6,8-9H,4,7,10-13H2,1-3H3,(H,20,24). The summed E-state index contributed by atoms with van der Waals surface area (Å²) >= 11 is 0. The number of hydrogen-bond donors (Lipinski definition) is 1. The average molecular weight is 374 g/mol. The van der Waals surface area contributed by atoms with Crippen molar-refractivity contribution in [2.45, 2.75) is 26.2 Å². The first-order valence-electron chi connectivity index (χ1n) is 9.00. The number of imide groups is 1. The van der Waals surface area contributed by atoms with Crippen molar-refractivity contribution in [1.29, 1.82) is 0 Å². The minimum absolute atomic E-state index is 0.0544. The number of anilines is 1. The molecular weight excluding hydrogens is 348 g/mol. The molecule has 1 aliphatic heterocycles. The monoisotopic (exact) mass is 374 g/mol. The fraction of sp³-hybridized carbons (Fsp3) is 0.474. The minimum atomic E-state index is -0.338. The van der Waals surface area contributed by atoms with Gasteiger partial charge in [-0.15, -0.1) is 0 Å². The van der Waals surface area contributed by atoms with Crippen LogP contribution in [-0.4, -0.2) is 72.2 Å². The molecular formula is C19H26N4O4. The van der Waals surface area contributed by atoms with Crippen LogP contribution in [0.15, 0.2) is 24.3 Å². The Morgan fingerprint density at radius 1 is 1.22 bits per heavy atom. The molecule has 1 aromatic rings. The lowest BCUT2D eigenvalue weighted by molar-refractivity contribution is -0.133. The Morgan fingerprint density at radius 2 is 1.93 bits per heavy atom. The lowest BCUT2D eigenvalue weighted by Gasteiger charge is -2.18. The van der Waals surface area contributed by atoms with Gasteiger partial charge in [0.15, 0.2) is 0 Å². The first kappa shape index (κ1) is 20.4. The van der Waals surface area contributed by atoms with Crippen molar-refractivity contribution in [3.8, 4) is 0 Å². The summed E-state index contributed by atoms with van der Waals surface area (Å²) in [5.74, 6) is -0.725. The van der Waals surface area contributed by atoms with Crippen LogP contribution in [0.3, 0.4) is 0 Å². The van der Waals surface area contributed by atoms with Crippen molar-refractivity contribution < 1.29 is 19.2 Å². The lowest BCUT2D eigenvalue weighted by Crippen LogP contribution is -2.36. The molecule has 1 heterocycles. The number of para-hydroxylation sites is 1. The SMILES string of the molecule is CCc1ccccc1NC(=O)CN(C)C(=O)CCCN1C(=O)CN(C)C1=O. The second-order valence-electron chi connectivity index (χ2n) is 6.60. The summed E-state index contributed by atoms with van der Waals surface area (Å²) in [6, 6.07) is 7.21. The quantitative estimate of drug-likeness (QED) is 0.695. The van der Waals surface area contributed by atoms with E-state index in [9.17, 15) is 19.2 Å². The normalized spacial score (nSPS) is 13.9. The lowest BCUT2D eigenvalue weighted by atomic mass is 10.1. The Kier molecular flexibility index (Phi) is 6.92. The zero-order valence-corrected chi connectivity index (χ0v) is 16.0. The third kappa shape index (κ3) is 5.29. The summed E-state index contributed by atoms with van der Waals surface area (Å²) in [6.45, 7) is 2.24. The number of likely N-dealkylation sites (N-methyl/N-ethyl adjacent to an activating group) is 2. The molecule has 0 atom stereocenters.